The quantitative estimate of drug-likeness (QED) is 0.614. The zero-order valence-corrected chi connectivity index (χ0v) is 15.6. The summed E-state index contributed by atoms with van der Waals surface area (Å²) in [6.45, 7) is 3.63. The molecule has 0 bridgehead atoms. The highest BCUT2D eigenvalue weighted by Crippen LogP contribution is 2.43. The molecule has 4 nitrogen and oxygen atoms in total. The fourth-order valence-corrected chi connectivity index (χ4v) is 4.96. The highest BCUT2D eigenvalue weighted by molar-refractivity contribution is 9.10. The number of rotatable bonds is 3. The molecule has 2 aromatic rings. The number of fused-ring (bicyclic) bond motifs is 1. The van der Waals surface area contributed by atoms with E-state index in [-0.39, 0.29) is 5.28 Å². The highest BCUT2D eigenvalue weighted by Gasteiger charge is 2.26. The van der Waals surface area contributed by atoms with Crippen LogP contribution in [-0.4, -0.2) is 23.3 Å². The van der Waals surface area contributed by atoms with E-state index in [0.717, 1.165) is 30.3 Å². The minimum atomic E-state index is -2.41. The second kappa shape index (κ2) is 5.95. The molecule has 0 radical (unpaired) electrons. The summed E-state index contributed by atoms with van der Waals surface area (Å²) in [5, 5.41) is 4.37. The Morgan fingerprint density at radius 1 is 1.32 bits per heavy atom. The average molecular weight is 401 g/mol. The maximum Gasteiger partial charge on any atom is 0.224 e. The van der Waals surface area contributed by atoms with Gasteiger partial charge in [0.15, 0.2) is 0 Å². The van der Waals surface area contributed by atoms with Crippen molar-refractivity contribution in [2.75, 3.05) is 18.6 Å². The molecule has 0 saturated carbocycles. The van der Waals surface area contributed by atoms with E-state index in [1.807, 2.05) is 19.4 Å². The van der Waals surface area contributed by atoms with Crippen LogP contribution < -0.4 is 10.6 Å². The molecule has 0 atom stereocenters. The van der Waals surface area contributed by atoms with E-state index in [9.17, 15) is 4.57 Å². The lowest BCUT2D eigenvalue weighted by Crippen LogP contribution is -2.16. The van der Waals surface area contributed by atoms with Gasteiger partial charge in [0.05, 0.1) is 10.2 Å². The summed E-state index contributed by atoms with van der Waals surface area (Å²) < 4.78 is 13.5. The summed E-state index contributed by atoms with van der Waals surface area (Å²) in [4.78, 5) is 8.11. The summed E-state index contributed by atoms with van der Waals surface area (Å²) >= 11 is 9.28. The normalized spacial score (nSPS) is 14.0. The molecule has 0 unspecified atom stereocenters. The Morgan fingerprint density at radius 2 is 2.09 bits per heavy atom. The van der Waals surface area contributed by atoms with E-state index >= 15 is 0 Å². The number of nitrogens with zero attached hydrogens (tertiary/aromatic N) is 2. The SMILES string of the molecule is CP(C)(=O)c1c(Nc2nc(Cl)ncc2Br)ccc2c1CCC2. The van der Waals surface area contributed by atoms with E-state index in [4.69, 9.17) is 11.6 Å². The molecular formula is C15H16BrClN3OP. The van der Waals surface area contributed by atoms with Crippen molar-refractivity contribution in [2.24, 2.45) is 0 Å². The van der Waals surface area contributed by atoms with E-state index in [0.29, 0.717) is 10.3 Å². The molecule has 1 aliphatic carbocycles. The molecule has 0 spiro atoms. The van der Waals surface area contributed by atoms with E-state index in [1.54, 1.807) is 6.20 Å². The molecular weight excluding hydrogens is 385 g/mol. The summed E-state index contributed by atoms with van der Waals surface area (Å²) in [6, 6.07) is 4.10. The molecule has 22 heavy (non-hydrogen) atoms. The number of hydrogen-bond acceptors (Lipinski definition) is 4. The molecule has 0 aliphatic heterocycles. The molecule has 1 heterocycles. The van der Waals surface area contributed by atoms with Crippen molar-refractivity contribution in [3.05, 3.63) is 39.2 Å². The van der Waals surface area contributed by atoms with Crippen LogP contribution in [0.4, 0.5) is 11.5 Å². The molecule has 1 aromatic carbocycles. The third-order valence-corrected chi connectivity index (χ3v) is 6.11. The largest absolute Gasteiger partial charge is 0.339 e. The second-order valence-electron chi connectivity index (χ2n) is 5.76. The number of aryl methyl sites for hydroxylation is 1. The smallest absolute Gasteiger partial charge is 0.224 e. The second-order valence-corrected chi connectivity index (χ2v) is 10.1. The van der Waals surface area contributed by atoms with Crippen molar-refractivity contribution in [1.29, 1.82) is 0 Å². The van der Waals surface area contributed by atoms with E-state index in [1.165, 1.54) is 11.1 Å². The number of aromatic nitrogens is 2. The van der Waals surface area contributed by atoms with Gasteiger partial charge in [-0.05, 0) is 77.3 Å². The van der Waals surface area contributed by atoms with Crippen LogP contribution >= 0.6 is 34.7 Å². The number of nitrogens with one attached hydrogen (secondary N) is 1. The lowest BCUT2D eigenvalue weighted by molar-refractivity contribution is 0.588. The van der Waals surface area contributed by atoms with Crippen LogP contribution in [0.2, 0.25) is 5.28 Å². The Morgan fingerprint density at radius 3 is 2.82 bits per heavy atom. The lowest BCUT2D eigenvalue weighted by Gasteiger charge is -2.19. The first-order valence-electron chi connectivity index (χ1n) is 7.01. The Hall–Kier alpha value is -0.900. The zero-order chi connectivity index (χ0) is 15.9. The number of halogens is 2. The van der Waals surface area contributed by atoms with Crippen molar-refractivity contribution in [3.8, 4) is 0 Å². The van der Waals surface area contributed by atoms with Crippen molar-refractivity contribution in [2.45, 2.75) is 19.3 Å². The van der Waals surface area contributed by atoms with Gasteiger partial charge in [-0.3, -0.25) is 0 Å². The standard InChI is InChI=1S/C15H16BrClN3OP/c1-22(2,21)13-10-5-3-4-9(10)6-7-12(13)19-14-11(16)8-18-15(17)20-14/h6-8H,3-5H2,1-2H3,(H,18,19,20). The average Bonchev–Trinajstić information content (AvgIpc) is 2.89. The molecule has 1 aromatic heterocycles. The first-order valence-corrected chi connectivity index (χ1v) is 10.8. The predicted octanol–water partition coefficient (Wildman–Crippen LogP) is 4.37. The highest BCUT2D eigenvalue weighted by atomic mass is 79.9. The molecule has 7 heteroatoms. The Balaban J connectivity index is 2.12. The van der Waals surface area contributed by atoms with Crippen LogP contribution in [0.15, 0.2) is 22.8 Å². The third-order valence-electron chi connectivity index (χ3n) is 3.76. The van der Waals surface area contributed by atoms with Gasteiger partial charge in [-0.25, -0.2) is 4.98 Å². The molecule has 0 fully saturated rings. The van der Waals surface area contributed by atoms with Gasteiger partial charge in [-0.1, -0.05) is 6.07 Å². The van der Waals surface area contributed by atoms with Gasteiger partial charge in [0.25, 0.3) is 0 Å². The molecule has 1 aliphatic rings. The summed E-state index contributed by atoms with van der Waals surface area (Å²) in [7, 11) is -2.41. The van der Waals surface area contributed by atoms with Crippen LogP contribution in [0.25, 0.3) is 0 Å². The number of anilines is 2. The van der Waals surface area contributed by atoms with Gasteiger partial charge >= 0.3 is 0 Å². The molecule has 0 saturated heterocycles. The van der Waals surface area contributed by atoms with Gasteiger partial charge in [-0.2, -0.15) is 4.98 Å². The number of benzene rings is 1. The van der Waals surface area contributed by atoms with Gasteiger partial charge in [0.2, 0.25) is 5.28 Å². The van der Waals surface area contributed by atoms with Crippen LogP contribution in [0.1, 0.15) is 17.5 Å². The number of hydrogen-bond donors (Lipinski definition) is 1. The van der Waals surface area contributed by atoms with Gasteiger partial charge in [0.1, 0.15) is 13.0 Å². The molecule has 1 N–H and O–H groups in total. The summed E-state index contributed by atoms with van der Waals surface area (Å²) in [5.74, 6) is 0.577. The first kappa shape index (κ1) is 16.0. The van der Waals surface area contributed by atoms with E-state index < -0.39 is 7.14 Å². The van der Waals surface area contributed by atoms with Crippen molar-refractivity contribution in [3.63, 3.8) is 0 Å². The van der Waals surface area contributed by atoms with Crippen molar-refractivity contribution in [1.82, 2.24) is 9.97 Å². The van der Waals surface area contributed by atoms with Crippen LogP contribution in [0.3, 0.4) is 0 Å². The first-order chi connectivity index (χ1) is 10.4. The summed E-state index contributed by atoms with van der Waals surface area (Å²) in [6.07, 6.45) is 4.76. The predicted molar refractivity (Wildman–Crippen MR) is 95.6 cm³/mol. The van der Waals surface area contributed by atoms with Crippen molar-refractivity contribution < 1.29 is 4.57 Å². The fourth-order valence-electron chi connectivity index (χ4n) is 2.92. The minimum absolute atomic E-state index is 0.171. The molecule has 0 amide bonds. The van der Waals surface area contributed by atoms with Crippen molar-refractivity contribution >= 4 is 51.5 Å². The van der Waals surface area contributed by atoms with Gasteiger partial charge in [0, 0.05) is 11.5 Å². The fraction of sp³-hybridized carbons (Fsp3) is 0.333. The van der Waals surface area contributed by atoms with Gasteiger partial charge in [-0.15, -0.1) is 0 Å². The molecule has 116 valence electrons. The Kier molecular flexibility index (Phi) is 4.32. The maximum absolute atomic E-state index is 12.8. The Bertz CT molecular complexity index is 791. The maximum atomic E-state index is 12.8. The monoisotopic (exact) mass is 399 g/mol. The molecule has 3 rings (SSSR count). The Labute approximate surface area is 143 Å². The minimum Gasteiger partial charge on any atom is -0.339 e. The van der Waals surface area contributed by atoms with Gasteiger partial charge < -0.3 is 9.88 Å². The van der Waals surface area contributed by atoms with E-state index in [2.05, 4.69) is 37.3 Å². The van der Waals surface area contributed by atoms with Crippen LogP contribution in [0, 0.1) is 0 Å². The third kappa shape index (κ3) is 3.08. The van der Waals surface area contributed by atoms with Crippen LogP contribution in [-0.2, 0) is 17.4 Å². The lowest BCUT2D eigenvalue weighted by atomic mass is 10.1. The van der Waals surface area contributed by atoms with Crippen LogP contribution in [0.5, 0.6) is 0 Å². The summed E-state index contributed by atoms with van der Waals surface area (Å²) in [5.41, 5.74) is 3.38. The zero-order valence-electron chi connectivity index (χ0n) is 12.4. The topological polar surface area (TPSA) is 54.9 Å².